The molecule has 2 aromatic carbocycles. The number of aryl methyl sites for hydroxylation is 1. The summed E-state index contributed by atoms with van der Waals surface area (Å²) in [7, 11) is -3.74. The monoisotopic (exact) mass is 436 g/mol. The van der Waals surface area contributed by atoms with Crippen molar-refractivity contribution >= 4 is 27.6 Å². The van der Waals surface area contributed by atoms with Gasteiger partial charge in [-0.25, -0.2) is 22.3 Å². The van der Waals surface area contributed by atoms with E-state index in [0.29, 0.717) is 5.56 Å². The number of hydrogen-bond acceptors (Lipinski definition) is 5. The zero-order valence-corrected chi connectivity index (χ0v) is 18.3. The Morgan fingerprint density at radius 2 is 1.67 bits per heavy atom. The molecule has 0 aliphatic heterocycles. The molecule has 0 radical (unpaired) electrons. The minimum atomic E-state index is -3.74. The van der Waals surface area contributed by atoms with Crippen molar-refractivity contribution in [3.63, 3.8) is 0 Å². The Kier molecular flexibility index (Phi) is 6.99. The van der Waals surface area contributed by atoms with E-state index in [1.165, 1.54) is 49.4 Å². The van der Waals surface area contributed by atoms with Crippen molar-refractivity contribution in [2.24, 2.45) is 0 Å². The molecule has 0 bridgehead atoms. The minimum Gasteiger partial charge on any atom is -0.449 e. The molecule has 7 nitrogen and oxygen atoms in total. The largest absolute Gasteiger partial charge is 0.449 e. The highest BCUT2D eigenvalue weighted by molar-refractivity contribution is 7.89. The summed E-state index contributed by atoms with van der Waals surface area (Å²) >= 11 is 0. The number of nitrogens with one attached hydrogen (secondary N) is 2. The maximum absolute atomic E-state index is 13.6. The minimum absolute atomic E-state index is 0.00108. The number of sulfonamides is 1. The Bertz CT molecular complexity index is 1040. The van der Waals surface area contributed by atoms with E-state index >= 15 is 0 Å². The highest BCUT2D eigenvalue weighted by Crippen LogP contribution is 2.16. The molecule has 0 fully saturated rings. The smallest absolute Gasteiger partial charge is 0.338 e. The molecule has 1 atom stereocenters. The second kappa shape index (κ2) is 8.93. The number of benzene rings is 2. The molecule has 2 N–H and O–H groups in total. The van der Waals surface area contributed by atoms with Crippen molar-refractivity contribution in [1.29, 1.82) is 0 Å². The third kappa shape index (κ3) is 6.36. The molecule has 0 saturated carbocycles. The van der Waals surface area contributed by atoms with E-state index in [4.69, 9.17) is 4.74 Å². The number of carbonyl (C=O) groups is 2. The average Bonchev–Trinajstić information content (AvgIpc) is 2.62. The lowest BCUT2D eigenvalue weighted by Crippen LogP contribution is -2.40. The Morgan fingerprint density at radius 3 is 2.20 bits per heavy atom. The number of esters is 1. The van der Waals surface area contributed by atoms with Crippen LogP contribution in [0, 0.1) is 12.7 Å². The van der Waals surface area contributed by atoms with E-state index < -0.39 is 39.4 Å². The van der Waals surface area contributed by atoms with Crippen LogP contribution in [0.2, 0.25) is 0 Å². The SMILES string of the molecule is Cc1ccc(NC(=O)C(C)OC(=O)c2ccc(S(=O)(=O)NC(C)(C)C)cc2)cc1F. The molecule has 0 aliphatic carbocycles. The fraction of sp³-hybridized carbons (Fsp3) is 0.333. The number of halogens is 1. The summed E-state index contributed by atoms with van der Waals surface area (Å²) in [5, 5.41) is 2.47. The van der Waals surface area contributed by atoms with Gasteiger partial charge in [0, 0.05) is 11.2 Å². The van der Waals surface area contributed by atoms with Gasteiger partial charge in [0.1, 0.15) is 5.82 Å². The normalized spacial score (nSPS) is 12.9. The summed E-state index contributed by atoms with van der Waals surface area (Å²) in [6.07, 6.45) is -1.15. The van der Waals surface area contributed by atoms with E-state index in [-0.39, 0.29) is 16.1 Å². The van der Waals surface area contributed by atoms with Crippen molar-refractivity contribution in [1.82, 2.24) is 4.72 Å². The van der Waals surface area contributed by atoms with Crippen LogP contribution in [0.5, 0.6) is 0 Å². The molecule has 2 rings (SSSR count). The van der Waals surface area contributed by atoms with Gasteiger partial charge in [-0.05, 0) is 76.6 Å². The third-order valence-electron chi connectivity index (χ3n) is 3.93. The summed E-state index contributed by atoms with van der Waals surface area (Å²) < 4.78 is 45.8. The second-order valence-electron chi connectivity index (χ2n) is 7.88. The van der Waals surface area contributed by atoms with Crippen LogP contribution < -0.4 is 10.0 Å². The molecular formula is C21H25FN2O5S. The lowest BCUT2D eigenvalue weighted by atomic mass is 10.1. The van der Waals surface area contributed by atoms with Crippen LogP contribution in [0.1, 0.15) is 43.6 Å². The van der Waals surface area contributed by atoms with Gasteiger partial charge in [0.2, 0.25) is 10.0 Å². The maximum Gasteiger partial charge on any atom is 0.338 e. The van der Waals surface area contributed by atoms with Crippen LogP contribution in [0.15, 0.2) is 47.4 Å². The Morgan fingerprint density at radius 1 is 1.07 bits per heavy atom. The molecule has 162 valence electrons. The lowest BCUT2D eigenvalue weighted by molar-refractivity contribution is -0.123. The van der Waals surface area contributed by atoms with E-state index in [0.717, 1.165) is 0 Å². The summed E-state index contributed by atoms with van der Waals surface area (Å²) in [6, 6.07) is 9.40. The molecule has 2 aromatic rings. The number of hydrogen-bond donors (Lipinski definition) is 2. The fourth-order valence-corrected chi connectivity index (χ4v) is 3.85. The van der Waals surface area contributed by atoms with E-state index in [1.54, 1.807) is 27.7 Å². The highest BCUT2D eigenvalue weighted by atomic mass is 32.2. The number of ether oxygens (including phenoxy) is 1. The zero-order chi connectivity index (χ0) is 22.7. The fourth-order valence-electron chi connectivity index (χ4n) is 2.43. The van der Waals surface area contributed by atoms with Gasteiger partial charge in [-0.3, -0.25) is 4.79 Å². The maximum atomic E-state index is 13.6. The van der Waals surface area contributed by atoms with E-state index in [1.807, 2.05) is 0 Å². The molecule has 0 heterocycles. The van der Waals surface area contributed by atoms with E-state index in [9.17, 15) is 22.4 Å². The average molecular weight is 437 g/mol. The van der Waals surface area contributed by atoms with Crippen molar-refractivity contribution < 1.29 is 27.1 Å². The van der Waals surface area contributed by atoms with Gasteiger partial charge in [0.05, 0.1) is 10.5 Å². The molecule has 0 saturated heterocycles. The predicted octanol–water partition coefficient (Wildman–Crippen LogP) is 3.39. The van der Waals surface area contributed by atoms with Gasteiger partial charge in [-0.15, -0.1) is 0 Å². The predicted molar refractivity (Wildman–Crippen MR) is 111 cm³/mol. The van der Waals surface area contributed by atoms with Crippen molar-refractivity contribution in [2.45, 2.75) is 51.2 Å². The van der Waals surface area contributed by atoms with Crippen LogP contribution in [-0.2, 0) is 19.6 Å². The lowest BCUT2D eigenvalue weighted by Gasteiger charge is -2.20. The second-order valence-corrected chi connectivity index (χ2v) is 9.56. The highest BCUT2D eigenvalue weighted by Gasteiger charge is 2.23. The molecule has 9 heteroatoms. The van der Waals surface area contributed by atoms with Crippen LogP contribution in [0.25, 0.3) is 0 Å². The van der Waals surface area contributed by atoms with E-state index in [2.05, 4.69) is 10.0 Å². The van der Waals surface area contributed by atoms with Gasteiger partial charge < -0.3 is 10.1 Å². The zero-order valence-electron chi connectivity index (χ0n) is 17.4. The van der Waals surface area contributed by atoms with Crippen molar-refractivity contribution in [3.8, 4) is 0 Å². The standard InChI is InChI=1S/C21H25FN2O5S/c1-13-6-9-16(12-18(13)22)23-19(25)14(2)29-20(26)15-7-10-17(11-8-15)30(27,28)24-21(3,4)5/h6-12,14,24H,1-5H3,(H,23,25). The topological polar surface area (TPSA) is 102 Å². The van der Waals surface area contributed by atoms with Gasteiger partial charge in [-0.1, -0.05) is 6.07 Å². The van der Waals surface area contributed by atoms with Gasteiger partial charge in [0.25, 0.3) is 5.91 Å². The summed E-state index contributed by atoms with van der Waals surface area (Å²) in [5.74, 6) is -1.88. The number of rotatable bonds is 6. The van der Waals surface area contributed by atoms with Crippen LogP contribution in [0.4, 0.5) is 10.1 Å². The molecule has 30 heavy (non-hydrogen) atoms. The summed E-state index contributed by atoms with van der Waals surface area (Å²) in [4.78, 5) is 24.5. The third-order valence-corrected chi connectivity index (χ3v) is 5.71. The first-order valence-electron chi connectivity index (χ1n) is 9.20. The van der Waals surface area contributed by atoms with Crippen molar-refractivity contribution in [2.75, 3.05) is 5.32 Å². The molecule has 0 spiro atoms. The molecular weight excluding hydrogens is 411 g/mol. The van der Waals surface area contributed by atoms with Crippen LogP contribution in [0.3, 0.4) is 0 Å². The Labute approximate surface area is 175 Å². The number of carbonyl (C=O) groups excluding carboxylic acids is 2. The summed E-state index contributed by atoms with van der Waals surface area (Å²) in [5.41, 5.74) is 0.118. The van der Waals surface area contributed by atoms with Gasteiger partial charge in [-0.2, -0.15) is 0 Å². The first kappa shape index (κ1) is 23.5. The van der Waals surface area contributed by atoms with Gasteiger partial charge >= 0.3 is 5.97 Å². The molecule has 0 aliphatic rings. The molecule has 0 aromatic heterocycles. The summed E-state index contributed by atoms with van der Waals surface area (Å²) in [6.45, 7) is 8.13. The Hall–Kier alpha value is -2.78. The quantitative estimate of drug-likeness (QED) is 0.676. The number of amides is 1. The first-order chi connectivity index (χ1) is 13.8. The molecule has 1 unspecified atom stereocenters. The van der Waals surface area contributed by atoms with Crippen LogP contribution in [-0.4, -0.2) is 31.9 Å². The Balaban J connectivity index is 2.02. The number of anilines is 1. The molecule has 1 amide bonds. The van der Waals surface area contributed by atoms with Crippen LogP contribution >= 0.6 is 0 Å². The van der Waals surface area contributed by atoms with Crippen molar-refractivity contribution in [3.05, 3.63) is 59.4 Å². The first-order valence-corrected chi connectivity index (χ1v) is 10.7. The van der Waals surface area contributed by atoms with Gasteiger partial charge in [0.15, 0.2) is 6.10 Å².